The number of thiocarbonyl (C=S) groups is 1. The standard InChI is InChI=1S/C18H18BrN3OS/c19-15-4-2-14(3-5-15)16-6-7-17(23-16)18(24)22-12-10-21(11-13-22)9-1-8-20/h2-7H,1,9-13H2/p+1. The van der Waals surface area contributed by atoms with E-state index in [1.165, 1.54) is 4.90 Å². The van der Waals surface area contributed by atoms with Gasteiger partial charge in [-0.2, -0.15) is 5.26 Å². The van der Waals surface area contributed by atoms with E-state index in [0.29, 0.717) is 6.42 Å². The van der Waals surface area contributed by atoms with Crippen molar-refractivity contribution in [3.8, 4) is 17.4 Å². The van der Waals surface area contributed by atoms with Crippen LogP contribution in [0.3, 0.4) is 0 Å². The SMILES string of the molecule is N#CCC[NH+]1CCN(C(=S)c2ccc(-c3ccc(Br)cc3)o2)CC1. The van der Waals surface area contributed by atoms with E-state index in [4.69, 9.17) is 21.9 Å². The largest absolute Gasteiger partial charge is 0.454 e. The lowest BCUT2D eigenvalue weighted by atomic mass is 10.2. The molecule has 0 saturated carbocycles. The lowest BCUT2D eigenvalue weighted by Gasteiger charge is -2.32. The molecule has 2 heterocycles. The third-order valence-electron chi connectivity index (χ3n) is 4.29. The van der Waals surface area contributed by atoms with Gasteiger partial charge in [-0.1, -0.05) is 40.3 Å². The maximum absolute atomic E-state index is 8.69. The van der Waals surface area contributed by atoms with Gasteiger partial charge in [-0.3, -0.25) is 0 Å². The first-order valence-electron chi connectivity index (χ1n) is 8.03. The second-order valence-electron chi connectivity index (χ2n) is 5.87. The Morgan fingerprint density at radius 2 is 1.92 bits per heavy atom. The Balaban J connectivity index is 1.62. The first-order valence-corrected chi connectivity index (χ1v) is 9.23. The van der Waals surface area contributed by atoms with Crippen LogP contribution in [-0.4, -0.2) is 42.6 Å². The summed E-state index contributed by atoms with van der Waals surface area (Å²) in [5, 5.41) is 8.69. The molecule has 6 heteroatoms. The number of furan rings is 1. The summed E-state index contributed by atoms with van der Waals surface area (Å²) in [6.45, 7) is 4.78. The van der Waals surface area contributed by atoms with Gasteiger partial charge in [0.15, 0.2) is 5.76 Å². The normalized spacial score (nSPS) is 15.2. The third kappa shape index (κ3) is 4.04. The fourth-order valence-electron chi connectivity index (χ4n) is 2.89. The molecule has 1 aromatic heterocycles. The van der Waals surface area contributed by atoms with Crippen LogP contribution in [0.5, 0.6) is 0 Å². The van der Waals surface area contributed by atoms with Crippen molar-refractivity contribution in [2.24, 2.45) is 0 Å². The number of piperazine rings is 1. The first-order chi connectivity index (χ1) is 11.7. The summed E-state index contributed by atoms with van der Waals surface area (Å²) in [6, 6.07) is 14.2. The highest BCUT2D eigenvalue weighted by Gasteiger charge is 2.23. The van der Waals surface area contributed by atoms with Crippen LogP contribution in [0.1, 0.15) is 12.2 Å². The van der Waals surface area contributed by atoms with Crippen LogP contribution in [0.2, 0.25) is 0 Å². The molecule has 0 atom stereocenters. The monoisotopic (exact) mass is 404 g/mol. The van der Waals surface area contributed by atoms with Crippen molar-refractivity contribution in [2.45, 2.75) is 6.42 Å². The number of nitriles is 1. The van der Waals surface area contributed by atoms with Crippen molar-refractivity contribution in [2.75, 3.05) is 32.7 Å². The van der Waals surface area contributed by atoms with E-state index < -0.39 is 0 Å². The zero-order valence-electron chi connectivity index (χ0n) is 13.3. The number of hydrogen-bond donors (Lipinski definition) is 1. The van der Waals surface area contributed by atoms with Crippen molar-refractivity contribution >= 4 is 33.1 Å². The Bertz CT molecular complexity index is 742. The van der Waals surface area contributed by atoms with E-state index in [0.717, 1.165) is 59.3 Å². The Hall–Kier alpha value is -1.68. The van der Waals surface area contributed by atoms with Crippen LogP contribution >= 0.6 is 28.1 Å². The summed E-state index contributed by atoms with van der Waals surface area (Å²) >= 11 is 9.05. The number of quaternary nitrogens is 1. The van der Waals surface area contributed by atoms with E-state index >= 15 is 0 Å². The quantitative estimate of drug-likeness (QED) is 0.795. The van der Waals surface area contributed by atoms with Gasteiger partial charge in [-0.25, -0.2) is 0 Å². The second-order valence-corrected chi connectivity index (χ2v) is 7.17. The van der Waals surface area contributed by atoms with Crippen molar-refractivity contribution in [3.63, 3.8) is 0 Å². The number of hydrogen-bond acceptors (Lipinski definition) is 3. The van der Waals surface area contributed by atoms with Crippen molar-refractivity contribution in [3.05, 3.63) is 46.6 Å². The van der Waals surface area contributed by atoms with E-state index in [1.807, 2.05) is 36.4 Å². The van der Waals surface area contributed by atoms with E-state index in [1.54, 1.807) is 0 Å². The van der Waals surface area contributed by atoms with Gasteiger partial charge in [-0.05, 0) is 24.3 Å². The zero-order chi connectivity index (χ0) is 16.9. The van der Waals surface area contributed by atoms with Crippen molar-refractivity contribution in [1.82, 2.24) is 4.90 Å². The lowest BCUT2D eigenvalue weighted by molar-refractivity contribution is -0.903. The molecule has 24 heavy (non-hydrogen) atoms. The summed E-state index contributed by atoms with van der Waals surface area (Å²) in [4.78, 5) is 4.46. The van der Waals surface area contributed by atoms with Crippen LogP contribution < -0.4 is 4.90 Å². The van der Waals surface area contributed by atoms with E-state index in [9.17, 15) is 0 Å². The molecule has 124 valence electrons. The Morgan fingerprint density at radius 3 is 2.58 bits per heavy atom. The number of nitrogens with one attached hydrogen (secondary N) is 1. The molecule has 1 fully saturated rings. The van der Waals surface area contributed by atoms with Gasteiger partial charge in [-0.15, -0.1) is 0 Å². The fourth-order valence-corrected chi connectivity index (χ4v) is 3.44. The van der Waals surface area contributed by atoms with Crippen LogP contribution in [0.25, 0.3) is 11.3 Å². The van der Waals surface area contributed by atoms with Crippen LogP contribution in [0.15, 0.2) is 45.3 Å². The number of benzene rings is 1. The highest BCUT2D eigenvalue weighted by Crippen LogP contribution is 2.24. The average Bonchev–Trinajstić information content (AvgIpc) is 3.10. The fraction of sp³-hybridized carbons (Fsp3) is 0.333. The van der Waals surface area contributed by atoms with Gasteiger partial charge >= 0.3 is 0 Å². The van der Waals surface area contributed by atoms with Crippen molar-refractivity contribution in [1.29, 1.82) is 5.26 Å². The van der Waals surface area contributed by atoms with Crippen LogP contribution in [0.4, 0.5) is 0 Å². The number of nitrogens with zero attached hydrogens (tertiary/aromatic N) is 2. The number of halogens is 1. The number of rotatable bonds is 4. The van der Waals surface area contributed by atoms with Gasteiger partial charge in [0.05, 0.1) is 45.2 Å². The topological polar surface area (TPSA) is 44.6 Å². The molecular weight excluding hydrogens is 386 g/mol. The molecule has 0 aliphatic carbocycles. The highest BCUT2D eigenvalue weighted by atomic mass is 79.9. The van der Waals surface area contributed by atoms with Crippen LogP contribution in [-0.2, 0) is 0 Å². The summed E-state index contributed by atoms with van der Waals surface area (Å²) < 4.78 is 7.01. The molecule has 4 nitrogen and oxygen atoms in total. The molecule has 3 rings (SSSR count). The predicted molar refractivity (Wildman–Crippen MR) is 101 cm³/mol. The maximum atomic E-state index is 8.69. The summed E-state index contributed by atoms with van der Waals surface area (Å²) in [5.41, 5.74) is 1.04. The summed E-state index contributed by atoms with van der Waals surface area (Å²) in [6.07, 6.45) is 0.620. The molecule has 0 amide bonds. The Morgan fingerprint density at radius 1 is 1.21 bits per heavy atom. The van der Waals surface area contributed by atoms with Gasteiger partial charge in [0.25, 0.3) is 0 Å². The molecule has 2 aromatic rings. The minimum atomic E-state index is 0.620. The third-order valence-corrected chi connectivity index (χ3v) is 5.28. The van der Waals surface area contributed by atoms with Gasteiger partial charge in [0.2, 0.25) is 0 Å². The minimum Gasteiger partial charge on any atom is -0.454 e. The molecule has 1 saturated heterocycles. The first kappa shape index (κ1) is 17.2. The lowest BCUT2D eigenvalue weighted by Crippen LogP contribution is -3.14. The minimum absolute atomic E-state index is 0.620. The molecule has 1 aliphatic rings. The molecule has 0 spiro atoms. The molecule has 0 bridgehead atoms. The van der Waals surface area contributed by atoms with E-state index in [2.05, 4.69) is 26.9 Å². The smallest absolute Gasteiger partial charge is 0.162 e. The molecule has 1 N–H and O–H groups in total. The Labute approximate surface area is 155 Å². The Kier molecular flexibility index (Phi) is 5.67. The second kappa shape index (κ2) is 7.93. The summed E-state index contributed by atoms with van der Waals surface area (Å²) in [5.74, 6) is 1.58. The predicted octanol–water partition coefficient (Wildman–Crippen LogP) is 2.50. The van der Waals surface area contributed by atoms with E-state index in [-0.39, 0.29) is 0 Å². The van der Waals surface area contributed by atoms with Gasteiger partial charge in [0, 0.05) is 10.0 Å². The molecule has 0 unspecified atom stereocenters. The van der Waals surface area contributed by atoms with Gasteiger partial charge in [0.1, 0.15) is 10.7 Å². The molecule has 1 aromatic carbocycles. The van der Waals surface area contributed by atoms with Gasteiger partial charge < -0.3 is 14.2 Å². The van der Waals surface area contributed by atoms with Crippen molar-refractivity contribution < 1.29 is 9.32 Å². The average molecular weight is 405 g/mol. The van der Waals surface area contributed by atoms with Crippen LogP contribution in [0, 0.1) is 11.3 Å². The zero-order valence-corrected chi connectivity index (χ0v) is 15.7. The summed E-state index contributed by atoms with van der Waals surface area (Å²) in [7, 11) is 0. The molecular formula is C18H19BrN3OS+. The molecule has 0 radical (unpaired) electrons. The maximum Gasteiger partial charge on any atom is 0.162 e. The highest BCUT2D eigenvalue weighted by molar-refractivity contribution is 9.10. The molecule has 1 aliphatic heterocycles.